The summed E-state index contributed by atoms with van der Waals surface area (Å²) in [5.74, 6) is 0.981. The number of hydrogen-bond donors (Lipinski definition) is 4. The van der Waals surface area contributed by atoms with E-state index < -0.39 is 15.8 Å². The predicted octanol–water partition coefficient (Wildman–Crippen LogP) is 4.13. The summed E-state index contributed by atoms with van der Waals surface area (Å²) in [6, 6.07) is 4.71. The van der Waals surface area contributed by atoms with Gasteiger partial charge in [-0.3, -0.25) is 10.2 Å². The van der Waals surface area contributed by atoms with Crippen molar-refractivity contribution < 1.29 is 17.5 Å². The molecule has 0 amide bonds. The van der Waals surface area contributed by atoms with Crippen LogP contribution >= 0.6 is 0 Å². The molecule has 0 bridgehead atoms. The summed E-state index contributed by atoms with van der Waals surface area (Å²) in [5, 5.41) is 17.8. The van der Waals surface area contributed by atoms with Crippen LogP contribution in [0.3, 0.4) is 0 Å². The van der Waals surface area contributed by atoms with Gasteiger partial charge in [0.05, 0.1) is 22.4 Å². The second-order valence-electron chi connectivity index (χ2n) is 10.1. The fourth-order valence-corrected chi connectivity index (χ4v) is 5.90. The van der Waals surface area contributed by atoms with Crippen LogP contribution in [0.5, 0.6) is 5.75 Å². The molecule has 0 spiro atoms. The Kier molecular flexibility index (Phi) is 5.44. The number of ether oxygens (including phenoxy) is 1. The fraction of sp³-hybridized carbons (Fsp3) is 0.478. The van der Waals surface area contributed by atoms with Crippen LogP contribution in [-0.4, -0.2) is 34.9 Å². The molecule has 1 fully saturated rings. The standard InChI is InChI=1S/C23H29FN6O3S/c1-12-21(22(30-27-12)23(2,3)4)33-14-6-5-13(9-14)17-10-19(29-28-17)26-16-7-8-18-15(20(16)24)11-25-34(18,31)32/h7-8,10,13-14,25H,5-6,9,11H2,1-4H3,(H,27,30)(H2,26,28,29)/t13-,14+/m0/s1. The Morgan fingerprint density at radius 1 is 1.18 bits per heavy atom. The number of H-pyrrole nitrogens is 2. The van der Waals surface area contributed by atoms with Crippen molar-refractivity contribution in [1.82, 2.24) is 25.1 Å². The molecule has 1 saturated carbocycles. The fourth-order valence-electron chi connectivity index (χ4n) is 4.68. The number of sulfonamides is 1. The first kappa shape index (κ1) is 22.9. The molecular formula is C23H29FN6O3S. The van der Waals surface area contributed by atoms with Crippen molar-refractivity contribution in [2.45, 2.75) is 75.8 Å². The minimum atomic E-state index is -3.62. The van der Waals surface area contributed by atoms with Gasteiger partial charge in [0.2, 0.25) is 10.0 Å². The van der Waals surface area contributed by atoms with E-state index in [9.17, 15) is 12.8 Å². The van der Waals surface area contributed by atoms with Gasteiger partial charge in [0.25, 0.3) is 0 Å². The molecule has 2 aliphatic rings. The predicted molar refractivity (Wildman–Crippen MR) is 125 cm³/mol. The van der Waals surface area contributed by atoms with Crippen molar-refractivity contribution in [3.05, 3.63) is 46.7 Å². The topological polar surface area (TPSA) is 125 Å². The number of fused-ring (bicyclic) bond motifs is 1. The lowest BCUT2D eigenvalue weighted by molar-refractivity contribution is 0.202. The van der Waals surface area contributed by atoms with Crippen LogP contribution in [0.25, 0.3) is 0 Å². The largest absolute Gasteiger partial charge is 0.487 e. The van der Waals surface area contributed by atoms with Gasteiger partial charge in [0.15, 0.2) is 17.4 Å². The van der Waals surface area contributed by atoms with Crippen molar-refractivity contribution in [2.75, 3.05) is 5.32 Å². The molecule has 9 nitrogen and oxygen atoms in total. The zero-order chi connectivity index (χ0) is 24.3. The van der Waals surface area contributed by atoms with Gasteiger partial charge in [-0.15, -0.1) is 0 Å². The summed E-state index contributed by atoms with van der Waals surface area (Å²) in [4.78, 5) is -0.0160. The molecule has 0 saturated heterocycles. The van der Waals surface area contributed by atoms with Gasteiger partial charge in [0, 0.05) is 35.2 Å². The summed E-state index contributed by atoms with van der Waals surface area (Å²) in [7, 11) is -3.62. The lowest BCUT2D eigenvalue weighted by Crippen LogP contribution is -2.18. The Morgan fingerprint density at radius 2 is 1.97 bits per heavy atom. The highest BCUT2D eigenvalue weighted by Crippen LogP contribution is 2.40. The van der Waals surface area contributed by atoms with Crippen LogP contribution in [0.15, 0.2) is 23.1 Å². The van der Waals surface area contributed by atoms with E-state index in [4.69, 9.17) is 4.74 Å². The number of rotatable bonds is 5. The molecular weight excluding hydrogens is 459 g/mol. The molecule has 3 aromatic rings. The Balaban J connectivity index is 1.27. The van der Waals surface area contributed by atoms with Crippen molar-refractivity contribution in [1.29, 1.82) is 0 Å². The number of hydrogen-bond acceptors (Lipinski definition) is 6. The molecule has 5 rings (SSSR count). The van der Waals surface area contributed by atoms with Crippen LogP contribution in [-0.2, 0) is 22.0 Å². The van der Waals surface area contributed by atoms with Crippen LogP contribution in [0.1, 0.15) is 68.6 Å². The molecule has 34 heavy (non-hydrogen) atoms. The van der Waals surface area contributed by atoms with E-state index in [1.165, 1.54) is 12.1 Å². The third-order valence-electron chi connectivity index (χ3n) is 6.50. The molecule has 1 aliphatic heterocycles. The molecule has 2 atom stereocenters. The van der Waals surface area contributed by atoms with E-state index >= 15 is 0 Å². The Hall–Kier alpha value is -2.92. The SMILES string of the molecule is Cc1[nH]nc(C(C)(C)C)c1O[C@@H]1CC[C@H](c2cc(Nc3ccc4c(c3F)CNS4(=O)=O)n[nH]2)C1. The maximum absolute atomic E-state index is 14.9. The van der Waals surface area contributed by atoms with Gasteiger partial charge in [-0.05, 0) is 38.3 Å². The van der Waals surface area contributed by atoms with Gasteiger partial charge < -0.3 is 10.1 Å². The number of anilines is 2. The lowest BCUT2D eigenvalue weighted by atomic mass is 9.91. The quantitative estimate of drug-likeness (QED) is 0.428. The average molecular weight is 489 g/mol. The summed E-state index contributed by atoms with van der Waals surface area (Å²) < 4.78 is 47.4. The van der Waals surface area contributed by atoms with Gasteiger partial charge in [0.1, 0.15) is 5.69 Å². The molecule has 1 aromatic carbocycles. The molecule has 2 aromatic heterocycles. The van der Waals surface area contributed by atoms with Crippen LogP contribution < -0.4 is 14.8 Å². The summed E-state index contributed by atoms with van der Waals surface area (Å²) in [6.07, 6.45) is 2.78. The zero-order valence-electron chi connectivity index (χ0n) is 19.6. The third-order valence-corrected chi connectivity index (χ3v) is 7.99. The smallest absolute Gasteiger partial charge is 0.241 e. The normalized spacial score (nSPS) is 21.6. The molecule has 1 aliphatic carbocycles. The Morgan fingerprint density at radius 3 is 2.74 bits per heavy atom. The highest BCUT2D eigenvalue weighted by atomic mass is 32.2. The molecule has 11 heteroatoms. The first-order valence-electron chi connectivity index (χ1n) is 11.4. The van der Waals surface area contributed by atoms with Crippen LogP contribution in [0, 0.1) is 12.7 Å². The second-order valence-corrected chi connectivity index (χ2v) is 11.8. The van der Waals surface area contributed by atoms with Crippen LogP contribution in [0.2, 0.25) is 0 Å². The van der Waals surface area contributed by atoms with E-state index in [2.05, 4.69) is 51.2 Å². The van der Waals surface area contributed by atoms with E-state index in [1.807, 2.05) is 13.0 Å². The average Bonchev–Trinajstić information content (AvgIpc) is 3.52. The van der Waals surface area contributed by atoms with Crippen molar-refractivity contribution in [3.63, 3.8) is 0 Å². The Labute approximate surface area is 197 Å². The minimum absolute atomic E-state index is 0.0160. The molecule has 0 radical (unpaired) electrons. The highest BCUT2D eigenvalue weighted by molar-refractivity contribution is 7.89. The van der Waals surface area contributed by atoms with E-state index in [1.54, 1.807) is 0 Å². The molecule has 3 heterocycles. The van der Waals surface area contributed by atoms with E-state index in [-0.39, 0.29) is 40.1 Å². The van der Waals surface area contributed by atoms with Crippen molar-refractivity contribution in [3.8, 4) is 5.75 Å². The number of aromatic amines is 2. The summed E-state index contributed by atoms with van der Waals surface area (Å²) in [6.45, 7) is 8.27. The Bertz CT molecular complexity index is 1340. The number of nitrogens with zero attached hydrogens (tertiary/aromatic N) is 2. The first-order chi connectivity index (χ1) is 16.0. The second kappa shape index (κ2) is 8.09. The molecule has 4 N–H and O–H groups in total. The maximum atomic E-state index is 14.9. The number of nitrogens with one attached hydrogen (secondary N) is 4. The number of benzene rings is 1. The summed E-state index contributed by atoms with van der Waals surface area (Å²) >= 11 is 0. The van der Waals surface area contributed by atoms with Gasteiger partial charge in [-0.25, -0.2) is 17.5 Å². The van der Waals surface area contributed by atoms with Crippen molar-refractivity contribution >= 4 is 21.5 Å². The minimum Gasteiger partial charge on any atom is -0.487 e. The van der Waals surface area contributed by atoms with Gasteiger partial charge in [-0.2, -0.15) is 10.2 Å². The maximum Gasteiger partial charge on any atom is 0.241 e. The zero-order valence-corrected chi connectivity index (χ0v) is 20.4. The molecule has 0 unspecified atom stereocenters. The van der Waals surface area contributed by atoms with Crippen LogP contribution in [0.4, 0.5) is 15.9 Å². The van der Waals surface area contributed by atoms with Gasteiger partial charge in [-0.1, -0.05) is 20.8 Å². The molecule has 182 valence electrons. The highest BCUT2D eigenvalue weighted by Gasteiger charge is 2.33. The summed E-state index contributed by atoms with van der Waals surface area (Å²) in [5.41, 5.74) is 3.03. The van der Waals surface area contributed by atoms with Gasteiger partial charge >= 0.3 is 0 Å². The number of halogens is 1. The third kappa shape index (κ3) is 4.07. The lowest BCUT2D eigenvalue weighted by Gasteiger charge is -2.20. The van der Waals surface area contributed by atoms with E-state index in [0.717, 1.165) is 42.1 Å². The van der Waals surface area contributed by atoms with E-state index in [0.29, 0.717) is 5.82 Å². The first-order valence-corrected chi connectivity index (χ1v) is 12.9. The number of aryl methyl sites for hydroxylation is 1. The number of aromatic nitrogens is 4. The monoisotopic (exact) mass is 488 g/mol. The van der Waals surface area contributed by atoms with Crippen molar-refractivity contribution in [2.24, 2.45) is 0 Å².